The minimum absolute atomic E-state index is 0.0115. The average molecular weight is 1180 g/mol. The van der Waals surface area contributed by atoms with E-state index in [9.17, 15) is 64.1 Å². The first-order valence-electron chi connectivity index (χ1n) is 27.2. The summed E-state index contributed by atoms with van der Waals surface area (Å²) >= 11 is 0. The summed E-state index contributed by atoms with van der Waals surface area (Å²) in [5.41, 5.74) is -4.93. The number of nitrogens with one attached hydrogen (secondary N) is 6. The highest BCUT2D eigenvalue weighted by atomic mass is 16.7. The number of carbonyl (C=O) groups is 7. The molecule has 0 spiro atoms. The SMILES string of the molecule is CN(C(=O)CC(C)(C)C)[C@@H]1[C@@H](O)[C@@H](O[C@@H]2[C@@H](O)[C@H](O[C@H]3OC(CNC(=O)OCc4ccc([N+](=O)[O-])cc4)=CC[C@H]3NC(=O)CNC(=O)OC(C)(C)C)[C@@H](NC(=O)OC(C)(C)C)C[C@H]2NC(=O)[C@@H](O)CCNC(=O)OC(C)(C)C)OC[C@]1(C)O. The maximum atomic E-state index is 14.0. The van der Waals surface area contributed by atoms with Crippen LogP contribution < -0.4 is 31.9 Å². The predicted octanol–water partition coefficient (Wildman–Crippen LogP) is 2.38. The molecule has 3 aliphatic rings. The van der Waals surface area contributed by atoms with Crippen LogP contribution in [0.1, 0.15) is 121 Å². The van der Waals surface area contributed by atoms with Gasteiger partial charge in [0.25, 0.3) is 5.69 Å². The van der Waals surface area contributed by atoms with E-state index < -0.39 is 162 Å². The van der Waals surface area contributed by atoms with Crippen LogP contribution in [0.4, 0.5) is 24.9 Å². The number of amides is 7. The standard InChI is InChI=1S/C54H86N8O21/c1-50(2,3)24-37(65)61(14)42-39(67)45(77-28-54(42,13)73)80-40-33(59-43(68)35(63)21-22-55-47(70)81-51(4,5)6)23-34(60-49(72)83-53(10,11)12)41(38(40)66)79-44-32(58-36(64)26-57-48(71)82-52(7,8)9)20-19-31(78-44)25-56-46(69)76-27-29-15-17-30(18-16-29)62(74)75/h15-19,32-35,38-42,44-45,63,66-67,73H,20-28H2,1-14H3,(H,55,70)(H,56,69)(H,57,71)(H,58,64)(H,59,68)(H,60,72)/t32-,33-,34+,35+,38-,39-,40+,41-,42-,44-,45-,54+/m1/s1. The number of hydrogen-bond donors (Lipinski definition) is 10. The summed E-state index contributed by atoms with van der Waals surface area (Å²) in [7, 11) is 1.39. The number of aliphatic hydroxyl groups is 4. The molecule has 2 fully saturated rings. The Bertz CT molecular complexity index is 2450. The Balaban J connectivity index is 1.74. The summed E-state index contributed by atoms with van der Waals surface area (Å²) in [6.45, 7) is 19.5. The first-order valence-corrected chi connectivity index (χ1v) is 27.2. The van der Waals surface area contributed by atoms with Gasteiger partial charge in [-0.15, -0.1) is 0 Å². The Morgan fingerprint density at radius 3 is 1.88 bits per heavy atom. The van der Waals surface area contributed by atoms with Gasteiger partial charge in [0.15, 0.2) is 6.29 Å². The first-order chi connectivity index (χ1) is 38.2. The van der Waals surface area contributed by atoms with Crippen LogP contribution in [0.2, 0.25) is 0 Å². The minimum atomic E-state index is -2.02. The molecule has 29 heteroatoms. The molecule has 4 rings (SSSR count). The number of nitro groups is 1. The van der Waals surface area contributed by atoms with Crippen LogP contribution in [-0.4, -0.2) is 195 Å². The molecular weight excluding hydrogens is 1100 g/mol. The zero-order valence-corrected chi connectivity index (χ0v) is 49.7. The van der Waals surface area contributed by atoms with E-state index in [0.29, 0.717) is 5.56 Å². The minimum Gasteiger partial charge on any atom is -0.465 e. The van der Waals surface area contributed by atoms with E-state index in [-0.39, 0.29) is 50.4 Å². The molecule has 1 saturated heterocycles. The summed E-state index contributed by atoms with van der Waals surface area (Å²) in [5, 5.41) is 74.0. The lowest BCUT2D eigenvalue weighted by atomic mass is 9.82. The largest absolute Gasteiger partial charge is 0.465 e. The molecule has 7 amide bonds. The van der Waals surface area contributed by atoms with Gasteiger partial charge in [0.1, 0.15) is 71.8 Å². The summed E-state index contributed by atoms with van der Waals surface area (Å²) in [4.78, 5) is 104. The van der Waals surface area contributed by atoms with E-state index in [2.05, 4.69) is 31.9 Å². The van der Waals surface area contributed by atoms with Crippen molar-refractivity contribution in [1.29, 1.82) is 0 Å². The van der Waals surface area contributed by atoms with Gasteiger partial charge < -0.3 is 95.1 Å². The van der Waals surface area contributed by atoms with Crippen LogP contribution in [0, 0.1) is 15.5 Å². The molecule has 2 aliphatic heterocycles. The van der Waals surface area contributed by atoms with Crippen molar-refractivity contribution >= 4 is 47.8 Å². The molecular formula is C54H86N8O21. The maximum absolute atomic E-state index is 14.0. The van der Waals surface area contributed by atoms with E-state index >= 15 is 0 Å². The number of hydrogen-bond acceptors (Lipinski definition) is 21. The highest BCUT2D eigenvalue weighted by Gasteiger charge is 2.55. The zero-order valence-electron chi connectivity index (χ0n) is 49.7. The highest BCUT2D eigenvalue weighted by molar-refractivity contribution is 5.82. The number of carbonyl (C=O) groups excluding carboxylic acids is 7. The Labute approximate surface area is 482 Å². The number of likely N-dealkylation sites (N-methyl/N-ethyl adjacent to an activating group) is 1. The lowest BCUT2D eigenvalue weighted by Gasteiger charge is -2.51. The van der Waals surface area contributed by atoms with Gasteiger partial charge in [-0.05, 0) is 118 Å². The molecule has 0 radical (unpaired) electrons. The van der Waals surface area contributed by atoms with Crippen LogP contribution in [0.3, 0.4) is 0 Å². The number of ether oxygens (including phenoxy) is 8. The van der Waals surface area contributed by atoms with Crippen molar-refractivity contribution < 1.29 is 96.8 Å². The Morgan fingerprint density at radius 1 is 0.759 bits per heavy atom. The molecule has 83 heavy (non-hydrogen) atoms. The molecule has 1 aliphatic carbocycles. The van der Waals surface area contributed by atoms with Gasteiger partial charge in [-0.3, -0.25) is 24.5 Å². The molecule has 0 bridgehead atoms. The second kappa shape index (κ2) is 28.8. The Kier molecular flexibility index (Phi) is 23.9. The lowest BCUT2D eigenvalue weighted by molar-refractivity contribution is -0.384. The van der Waals surface area contributed by atoms with E-state index in [1.807, 2.05) is 20.8 Å². The number of aliphatic hydroxyl groups excluding tert-OH is 3. The van der Waals surface area contributed by atoms with Crippen molar-refractivity contribution in [2.75, 3.05) is 33.3 Å². The van der Waals surface area contributed by atoms with Crippen molar-refractivity contribution in [3.05, 3.63) is 51.8 Å². The van der Waals surface area contributed by atoms with Crippen molar-refractivity contribution in [3.63, 3.8) is 0 Å². The van der Waals surface area contributed by atoms with Crippen molar-refractivity contribution in [3.8, 4) is 0 Å². The molecule has 0 unspecified atom stereocenters. The molecule has 468 valence electrons. The topological polar surface area (TPSA) is 393 Å². The molecule has 10 N–H and O–H groups in total. The number of nitro benzene ring substituents is 1. The molecule has 1 aromatic carbocycles. The van der Waals surface area contributed by atoms with Gasteiger partial charge in [-0.1, -0.05) is 20.8 Å². The van der Waals surface area contributed by atoms with E-state index in [1.54, 1.807) is 62.3 Å². The number of alkyl carbamates (subject to hydrolysis) is 4. The van der Waals surface area contributed by atoms with Gasteiger partial charge in [0.05, 0.1) is 42.2 Å². The summed E-state index contributed by atoms with van der Waals surface area (Å²) in [6, 6.07) is -0.0459. The average Bonchev–Trinajstić information content (AvgIpc) is 3.43. The molecule has 2 heterocycles. The third kappa shape index (κ3) is 22.8. The van der Waals surface area contributed by atoms with Crippen LogP contribution in [0.25, 0.3) is 0 Å². The van der Waals surface area contributed by atoms with Crippen molar-refractivity contribution in [2.45, 2.75) is 212 Å². The molecule has 0 aromatic heterocycles. The summed E-state index contributed by atoms with van der Waals surface area (Å²) in [5.74, 6) is -2.21. The van der Waals surface area contributed by atoms with Crippen LogP contribution in [0.15, 0.2) is 36.1 Å². The van der Waals surface area contributed by atoms with Crippen LogP contribution >= 0.6 is 0 Å². The van der Waals surface area contributed by atoms with E-state index in [1.165, 1.54) is 49.2 Å². The van der Waals surface area contributed by atoms with Gasteiger partial charge >= 0.3 is 24.4 Å². The third-order valence-corrected chi connectivity index (χ3v) is 12.5. The molecule has 29 nitrogen and oxygen atoms in total. The quantitative estimate of drug-likeness (QED) is 0.0509. The molecule has 1 saturated carbocycles. The fourth-order valence-electron chi connectivity index (χ4n) is 8.90. The van der Waals surface area contributed by atoms with Crippen LogP contribution in [0.5, 0.6) is 0 Å². The van der Waals surface area contributed by atoms with E-state index in [4.69, 9.17) is 37.9 Å². The lowest BCUT2D eigenvalue weighted by Crippen LogP contribution is -2.70. The van der Waals surface area contributed by atoms with Gasteiger partial charge in [-0.25, -0.2) is 19.2 Å². The normalized spacial score (nSPS) is 26.0. The Morgan fingerprint density at radius 2 is 1.31 bits per heavy atom. The number of nitrogens with zero attached hydrogens (tertiary/aromatic N) is 2. The van der Waals surface area contributed by atoms with Gasteiger partial charge in [-0.2, -0.15) is 0 Å². The second-order valence-electron chi connectivity index (χ2n) is 25.0. The number of non-ortho nitro benzene ring substituents is 1. The first kappa shape index (κ1) is 68.9. The summed E-state index contributed by atoms with van der Waals surface area (Å²) in [6.07, 6.45) is -15.5. The number of rotatable bonds is 20. The smallest absolute Gasteiger partial charge is 0.408 e. The van der Waals surface area contributed by atoms with Crippen molar-refractivity contribution in [1.82, 2.24) is 36.8 Å². The molecule has 1 aromatic rings. The summed E-state index contributed by atoms with van der Waals surface area (Å²) < 4.78 is 46.6. The second-order valence-corrected chi connectivity index (χ2v) is 25.0. The van der Waals surface area contributed by atoms with Crippen molar-refractivity contribution in [2.24, 2.45) is 5.41 Å². The van der Waals surface area contributed by atoms with Gasteiger partial charge in [0, 0.05) is 32.1 Å². The Hall–Kier alpha value is -6.63. The fourth-order valence-corrected chi connectivity index (χ4v) is 8.90. The highest BCUT2D eigenvalue weighted by Crippen LogP contribution is 2.35. The third-order valence-electron chi connectivity index (χ3n) is 12.5. The zero-order chi connectivity index (χ0) is 62.6. The fraction of sp³-hybridized carbons (Fsp3) is 0.722. The monoisotopic (exact) mass is 1180 g/mol. The molecule has 12 atom stereocenters. The van der Waals surface area contributed by atoms with E-state index in [0.717, 1.165) is 0 Å². The predicted molar refractivity (Wildman–Crippen MR) is 292 cm³/mol. The van der Waals surface area contributed by atoms with Crippen LogP contribution in [-0.2, 0) is 58.9 Å². The van der Waals surface area contributed by atoms with Gasteiger partial charge in [0.2, 0.25) is 24.0 Å². The maximum Gasteiger partial charge on any atom is 0.408 e. The number of benzene rings is 1.